The number of aromatic nitrogens is 1. The Hall–Kier alpha value is -1.33. The van der Waals surface area contributed by atoms with Crippen molar-refractivity contribution in [3.63, 3.8) is 0 Å². The number of nitrogens with one attached hydrogen (secondary N) is 1. The van der Waals surface area contributed by atoms with Gasteiger partial charge in [-0.2, -0.15) is 0 Å². The van der Waals surface area contributed by atoms with Gasteiger partial charge < -0.3 is 15.0 Å². The van der Waals surface area contributed by atoms with E-state index in [1.165, 1.54) is 0 Å². The zero-order valence-corrected chi connectivity index (χ0v) is 12.0. The first-order valence-electron chi connectivity index (χ1n) is 6.32. The number of carbonyl (C=O) groups excluding carboxylic acids is 1. The molecular formula is C14H15BrN2O2. The second kappa shape index (κ2) is 4.98. The third-order valence-corrected chi connectivity index (χ3v) is 4.31. The molecule has 0 aliphatic carbocycles. The predicted molar refractivity (Wildman–Crippen MR) is 76.9 cm³/mol. The number of benzene rings is 1. The first-order chi connectivity index (χ1) is 9.19. The second-order valence-electron chi connectivity index (χ2n) is 5.00. The predicted octanol–water partition coefficient (Wildman–Crippen LogP) is 1.92. The van der Waals surface area contributed by atoms with Crippen LogP contribution in [-0.2, 0) is 11.2 Å². The molecule has 1 amide bonds. The van der Waals surface area contributed by atoms with E-state index in [1.54, 1.807) is 4.90 Å². The van der Waals surface area contributed by atoms with Gasteiger partial charge in [-0.3, -0.25) is 4.79 Å². The molecule has 4 nitrogen and oxygen atoms in total. The molecule has 100 valence electrons. The van der Waals surface area contributed by atoms with Gasteiger partial charge in [0.25, 0.3) is 0 Å². The molecule has 1 aromatic heterocycles. The van der Waals surface area contributed by atoms with Crippen molar-refractivity contribution in [3.05, 3.63) is 34.4 Å². The number of rotatable bonds is 3. The minimum Gasteiger partial charge on any atom is -0.396 e. The molecule has 0 spiro atoms. The number of aliphatic hydroxyl groups is 1. The fourth-order valence-electron chi connectivity index (χ4n) is 2.51. The van der Waals surface area contributed by atoms with Gasteiger partial charge >= 0.3 is 0 Å². The summed E-state index contributed by atoms with van der Waals surface area (Å²) in [5.41, 5.74) is 2.05. The Morgan fingerprint density at radius 3 is 3.00 bits per heavy atom. The molecule has 2 N–H and O–H groups in total. The molecule has 2 heterocycles. The van der Waals surface area contributed by atoms with Gasteiger partial charge in [-0.1, -0.05) is 22.0 Å². The lowest BCUT2D eigenvalue weighted by Crippen LogP contribution is -2.51. The Kier molecular flexibility index (Phi) is 3.33. The van der Waals surface area contributed by atoms with Crippen LogP contribution in [0.25, 0.3) is 10.9 Å². The lowest BCUT2D eigenvalue weighted by Gasteiger charge is -2.38. The number of carbonyl (C=O) groups is 1. The Morgan fingerprint density at radius 1 is 1.47 bits per heavy atom. The van der Waals surface area contributed by atoms with E-state index in [4.69, 9.17) is 5.11 Å². The number of halogens is 1. The van der Waals surface area contributed by atoms with Crippen LogP contribution in [0.3, 0.4) is 0 Å². The molecule has 0 atom stereocenters. The van der Waals surface area contributed by atoms with Crippen LogP contribution in [0.2, 0.25) is 0 Å². The first kappa shape index (κ1) is 12.7. The van der Waals surface area contributed by atoms with E-state index in [-0.39, 0.29) is 18.4 Å². The molecule has 0 saturated carbocycles. The number of aromatic amines is 1. The Balaban J connectivity index is 1.77. The fraction of sp³-hybridized carbons (Fsp3) is 0.357. The number of fused-ring (bicyclic) bond motifs is 1. The SMILES string of the molecule is O=C(Cc1c[nH]c2cccc(Br)c12)N1CC(CO)C1. The third kappa shape index (κ3) is 2.28. The molecule has 2 aromatic rings. The summed E-state index contributed by atoms with van der Waals surface area (Å²) in [6.45, 7) is 1.53. The van der Waals surface area contributed by atoms with Crippen molar-refractivity contribution < 1.29 is 9.90 Å². The maximum Gasteiger partial charge on any atom is 0.227 e. The molecule has 1 saturated heterocycles. The van der Waals surface area contributed by atoms with Crippen molar-refractivity contribution in [2.75, 3.05) is 19.7 Å². The zero-order valence-electron chi connectivity index (χ0n) is 10.4. The van der Waals surface area contributed by atoms with Crippen LogP contribution < -0.4 is 0 Å². The average Bonchev–Trinajstić information content (AvgIpc) is 2.72. The van der Waals surface area contributed by atoms with E-state index in [9.17, 15) is 4.79 Å². The molecule has 5 heteroatoms. The maximum atomic E-state index is 12.1. The summed E-state index contributed by atoms with van der Waals surface area (Å²) in [7, 11) is 0. The van der Waals surface area contributed by atoms with Gasteiger partial charge in [0.2, 0.25) is 5.91 Å². The van der Waals surface area contributed by atoms with Crippen LogP contribution in [0.5, 0.6) is 0 Å². The van der Waals surface area contributed by atoms with Crippen molar-refractivity contribution in [2.45, 2.75) is 6.42 Å². The standard InChI is InChI=1S/C14H15BrN2O2/c15-11-2-1-3-12-14(11)10(5-16-12)4-13(19)17-6-9(7-17)8-18/h1-3,5,9,16,18H,4,6-8H2. The number of amides is 1. The number of hydrogen-bond donors (Lipinski definition) is 2. The van der Waals surface area contributed by atoms with Crippen molar-refractivity contribution in [1.29, 1.82) is 0 Å². The van der Waals surface area contributed by atoms with Crippen LogP contribution in [0, 0.1) is 5.92 Å². The van der Waals surface area contributed by atoms with Crippen molar-refractivity contribution in [2.24, 2.45) is 5.92 Å². The van der Waals surface area contributed by atoms with Crippen LogP contribution in [0.4, 0.5) is 0 Å². The molecule has 1 fully saturated rings. The van der Waals surface area contributed by atoms with Gasteiger partial charge in [0.1, 0.15) is 0 Å². The second-order valence-corrected chi connectivity index (χ2v) is 5.85. The largest absolute Gasteiger partial charge is 0.396 e. The van der Waals surface area contributed by atoms with Crippen LogP contribution in [0.1, 0.15) is 5.56 Å². The highest BCUT2D eigenvalue weighted by Gasteiger charge is 2.30. The number of H-pyrrole nitrogens is 1. The minimum atomic E-state index is 0.126. The van der Waals surface area contributed by atoms with Gasteiger partial charge in [0.15, 0.2) is 0 Å². The minimum absolute atomic E-state index is 0.126. The Morgan fingerprint density at radius 2 is 2.26 bits per heavy atom. The maximum absolute atomic E-state index is 12.1. The number of aliphatic hydroxyl groups excluding tert-OH is 1. The van der Waals surface area contributed by atoms with Gasteiger partial charge in [-0.25, -0.2) is 0 Å². The topological polar surface area (TPSA) is 56.3 Å². The lowest BCUT2D eigenvalue weighted by molar-refractivity contribution is -0.137. The Bertz CT molecular complexity index is 617. The molecule has 1 aromatic carbocycles. The Labute approximate surface area is 119 Å². The van der Waals surface area contributed by atoms with Crippen LogP contribution in [-0.4, -0.2) is 40.6 Å². The number of nitrogens with zero attached hydrogens (tertiary/aromatic N) is 1. The molecule has 0 bridgehead atoms. The summed E-state index contributed by atoms with van der Waals surface area (Å²) in [5, 5.41) is 10.0. The third-order valence-electron chi connectivity index (χ3n) is 3.65. The summed E-state index contributed by atoms with van der Waals surface area (Å²) in [5.74, 6) is 0.389. The van der Waals surface area contributed by atoms with Crippen molar-refractivity contribution in [1.82, 2.24) is 9.88 Å². The van der Waals surface area contributed by atoms with Crippen LogP contribution >= 0.6 is 15.9 Å². The summed E-state index contributed by atoms with van der Waals surface area (Å²) in [4.78, 5) is 17.1. The zero-order chi connectivity index (χ0) is 13.4. The van der Waals surface area contributed by atoms with Crippen LogP contribution in [0.15, 0.2) is 28.9 Å². The van der Waals surface area contributed by atoms with Crippen molar-refractivity contribution >= 4 is 32.7 Å². The molecule has 19 heavy (non-hydrogen) atoms. The fourth-order valence-corrected chi connectivity index (χ4v) is 3.13. The van der Waals surface area contributed by atoms with E-state index in [1.807, 2.05) is 24.4 Å². The highest BCUT2D eigenvalue weighted by molar-refractivity contribution is 9.10. The molecular weight excluding hydrogens is 308 g/mol. The molecule has 0 radical (unpaired) electrons. The number of likely N-dealkylation sites (tertiary alicyclic amines) is 1. The summed E-state index contributed by atoms with van der Waals surface area (Å²) < 4.78 is 1.01. The van der Waals surface area contributed by atoms with E-state index < -0.39 is 0 Å². The van der Waals surface area contributed by atoms with E-state index in [0.29, 0.717) is 19.5 Å². The van der Waals surface area contributed by atoms with Gasteiger partial charge in [0.05, 0.1) is 6.42 Å². The van der Waals surface area contributed by atoms with Crippen molar-refractivity contribution in [3.8, 4) is 0 Å². The molecule has 1 aliphatic heterocycles. The molecule has 3 rings (SSSR count). The molecule has 1 aliphatic rings. The lowest BCUT2D eigenvalue weighted by atomic mass is 10.00. The van der Waals surface area contributed by atoms with Gasteiger partial charge in [-0.05, 0) is 17.7 Å². The number of hydrogen-bond acceptors (Lipinski definition) is 2. The highest BCUT2D eigenvalue weighted by Crippen LogP contribution is 2.28. The molecule has 0 unspecified atom stereocenters. The van der Waals surface area contributed by atoms with E-state index in [0.717, 1.165) is 20.9 Å². The summed E-state index contributed by atoms with van der Waals surface area (Å²) in [6.07, 6.45) is 2.30. The average molecular weight is 323 g/mol. The van der Waals surface area contributed by atoms with Gasteiger partial charge in [-0.15, -0.1) is 0 Å². The quantitative estimate of drug-likeness (QED) is 0.907. The van der Waals surface area contributed by atoms with E-state index in [2.05, 4.69) is 20.9 Å². The van der Waals surface area contributed by atoms with Gasteiger partial charge in [0, 0.05) is 47.2 Å². The normalized spacial score (nSPS) is 15.8. The first-order valence-corrected chi connectivity index (χ1v) is 7.11. The van der Waals surface area contributed by atoms with E-state index >= 15 is 0 Å². The highest BCUT2D eigenvalue weighted by atomic mass is 79.9. The monoisotopic (exact) mass is 322 g/mol. The smallest absolute Gasteiger partial charge is 0.227 e. The summed E-state index contributed by atoms with van der Waals surface area (Å²) in [6, 6.07) is 5.95. The summed E-state index contributed by atoms with van der Waals surface area (Å²) >= 11 is 3.53.